The Bertz CT molecular complexity index is 606. The van der Waals surface area contributed by atoms with Crippen molar-refractivity contribution >= 4 is 11.5 Å². The topological polar surface area (TPSA) is 90.9 Å². The van der Waals surface area contributed by atoms with E-state index >= 15 is 0 Å². The number of benzene rings is 1. The standard InChI is InChI=1S/C11H10N4O3/c1-8(16)6-14-7-12-11(13-14)9-3-2-4-10(5-9)15(17)18/h2-5,7H,6H2,1H3. The van der Waals surface area contributed by atoms with Crippen molar-refractivity contribution < 1.29 is 9.72 Å². The second-order valence-corrected chi connectivity index (χ2v) is 3.78. The van der Waals surface area contributed by atoms with E-state index in [1.54, 1.807) is 12.1 Å². The van der Waals surface area contributed by atoms with Crippen molar-refractivity contribution in [3.05, 3.63) is 40.7 Å². The van der Waals surface area contributed by atoms with Crippen LogP contribution < -0.4 is 0 Å². The molecular weight excluding hydrogens is 236 g/mol. The SMILES string of the molecule is CC(=O)Cn1cnc(-c2cccc([N+](=O)[O-])c2)n1. The van der Waals surface area contributed by atoms with Crippen molar-refractivity contribution in [2.45, 2.75) is 13.5 Å². The minimum absolute atomic E-state index is 0.0181. The molecule has 0 aliphatic rings. The molecule has 0 unspecified atom stereocenters. The number of rotatable bonds is 4. The average molecular weight is 246 g/mol. The third-order valence-electron chi connectivity index (χ3n) is 2.24. The smallest absolute Gasteiger partial charge is 0.270 e. The quantitative estimate of drug-likeness (QED) is 0.601. The van der Waals surface area contributed by atoms with Crippen LogP contribution in [0.1, 0.15) is 6.92 Å². The van der Waals surface area contributed by atoms with Crippen LogP contribution in [0.2, 0.25) is 0 Å². The van der Waals surface area contributed by atoms with Crippen LogP contribution in [-0.4, -0.2) is 25.5 Å². The Labute approximate surface area is 102 Å². The van der Waals surface area contributed by atoms with Gasteiger partial charge in [0, 0.05) is 17.7 Å². The zero-order valence-electron chi connectivity index (χ0n) is 9.61. The minimum Gasteiger partial charge on any atom is -0.298 e. The van der Waals surface area contributed by atoms with Gasteiger partial charge in [0.25, 0.3) is 5.69 Å². The summed E-state index contributed by atoms with van der Waals surface area (Å²) < 4.78 is 1.40. The number of non-ortho nitro benzene ring substituents is 1. The Hall–Kier alpha value is -2.57. The van der Waals surface area contributed by atoms with Gasteiger partial charge in [-0.25, -0.2) is 9.67 Å². The van der Waals surface area contributed by atoms with Gasteiger partial charge in [-0.15, -0.1) is 0 Å². The third kappa shape index (κ3) is 2.57. The molecule has 2 aromatic rings. The van der Waals surface area contributed by atoms with E-state index in [1.165, 1.54) is 30.1 Å². The molecule has 7 nitrogen and oxygen atoms in total. The molecule has 0 spiro atoms. The Kier molecular flexibility index (Phi) is 3.13. The predicted molar refractivity (Wildman–Crippen MR) is 62.8 cm³/mol. The van der Waals surface area contributed by atoms with Crippen LogP contribution in [0.4, 0.5) is 5.69 Å². The molecule has 92 valence electrons. The molecule has 0 atom stereocenters. The number of nitrogens with zero attached hydrogens (tertiary/aromatic N) is 4. The van der Waals surface area contributed by atoms with Crippen molar-refractivity contribution in [1.29, 1.82) is 0 Å². The van der Waals surface area contributed by atoms with Gasteiger partial charge < -0.3 is 0 Å². The molecule has 0 amide bonds. The lowest BCUT2D eigenvalue weighted by molar-refractivity contribution is -0.384. The van der Waals surface area contributed by atoms with Crippen molar-refractivity contribution in [3.8, 4) is 11.4 Å². The maximum absolute atomic E-state index is 10.9. The summed E-state index contributed by atoms with van der Waals surface area (Å²) in [5, 5.41) is 14.7. The average Bonchev–Trinajstić information content (AvgIpc) is 2.77. The fourth-order valence-corrected chi connectivity index (χ4v) is 1.49. The summed E-state index contributed by atoms with van der Waals surface area (Å²) in [5.74, 6) is 0.324. The first kappa shape index (κ1) is 11.9. The molecule has 0 fully saturated rings. The zero-order valence-corrected chi connectivity index (χ0v) is 9.61. The summed E-state index contributed by atoms with van der Waals surface area (Å²) in [6, 6.07) is 6.04. The van der Waals surface area contributed by atoms with Gasteiger partial charge in [0.05, 0.1) is 4.92 Å². The number of hydrogen-bond donors (Lipinski definition) is 0. The first-order valence-corrected chi connectivity index (χ1v) is 5.20. The molecule has 18 heavy (non-hydrogen) atoms. The highest BCUT2D eigenvalue weighted by atomic mass is 16.6. The highest BCUT2D eigenvalue weighted by Gasteiger charge is 2.10. The van der Waals surface area contributed by atoms with Crippen molar-refractivity contribution in [2.24, 2.45) is 0 Å². The number of hydrogen-bond acceptors (Lipinski definition) is 5. The Morgan fingerprint density at radius 1 is 1.50 bits per heavy atom. The molecule has 0 bridgehead atoms. The second kappa shape index (κ2) is 4.74. The molecule has 0 N–H and O–H groups in total. The van der Waals surface area contributed by atoms with Gasteiger partial charge in [0.2, 0.25) is 0 Å². The fourth-order valence-electron chi connectivity index (χ4n) is 1.49. The van der Waals surface area contributed by atoms with Crippen LogP contribution in [-0.2, 0) is 11.3 Å². The van der Waals surface area contributed by atoms with Gasteiger partial charge >= 0.3 is 0 Å². The van der Waals surface area contributed by atoms with E-state index in [-0.39, 0.29) is 18.0 Å². The first-order valence-electron chi connectivity index (χ1n) is 5.20. The van der Waals surface area contributed by atoms with Crippen molar-refractivity contribution in [2.75, 3.05) is 0 Å². The van der Waals surface area contributed by atoms with E-state index in [0.717, 1.165) is 0 Å². The van der Waals surface area contributed by atoms with E-state index in [2.05, 4.69) is 10.1 Å². The normalized spacial score (nSPS) is 10.3. The minimum atomic E-state index is -0.476. The van der Waals surface area contributed by atoms with E-state index < -0.39 is 4.92 Å². The van der Waals surface area contributed by atoms with Gasteiger partial charge in [0.1, 0.15) is 12.9 Å². The van der Waals surface area contributed by atoms with E-state index in [0.29, 0.717) is 11.4 Å². The molecule has 0 saturated heterocycles. The largest absolute Gasteiger partial charge is 0.298 e. The summed E-state index contributed by atoms with van der Waals surface area (Å²) in [7, 11) is 0. The molecule has 0 saturated carbocycles. The second-order valence-electron chi connectivity index (χ2n) is 3.78. The van der Waals surface area contributed by atoms with Gasteiger partial charge in [-0.1, -0.05) is 12.1 Å². The molecular formula is C11H10N4O3. The van der Waals surface area contributed by atoms with Crippen molar-refractivity contribution in [3.63, 3.8) is 0 Å². The Morgan fingerprint density at radius 2 is 2.28 bits per heavy atom. The van der Waals surface area contributed by atoms with Crippen LogP contribution in [0.5, 0.6) is 0 Å². The zero-order chi connectivity index (χ0) is 13.1. The fraction of sp³-hybridized carbons (Fsp3) is 0.182. The Balaban J connectivity index is 2.31. The van der Waals surface area contributed by atoms with Gasteiger partial charge in [-0.3, -0.25) is 14.9 Å². The van der Waals surface area contributed by atoms with Crippen LogP contribution >= 0.6 is 0 Å². The van der Waals surface area contributed by atoms with E-state index in [1.807, 2.05) is 0 Å². The van der Waals surface area contributed by atoms with Gasteiger partial charge in [-0.05, 0) is 6.92 Å². The molecule has 1 aromatic heterocycles. The first-order chi connectivity index (χ1) is 8.56. The molecule has 0 aliphatic heterocycles. The molecule has 1 heterocycles. The highest BCUT2D eigenvalue weighted by Crippen LogP contribution is 2.20. The summed E-state index contributed by atoms with van der Waals surface area (Å²) in [5.41, 5.74) is 0.530. The van der Waals surface area contributed by atoms with Gasteiger partial charge in [-0.2, -0.15) is 5.10 Å². The number of carbonyl (C=O) groups excluding carboxylic acids is 1. The van der Waals surface area contributed by atoms with E-state index in [9.17, 15) is 14.9 Å². The predicted octanol–water partition coefficient (Wildman–Crippen LogP) is 1.44. The maximum atomic E-state index is 10.9. The van der Waals surface area contributed by atoms with Crippen LogP contribution in [0.15, 0.2) is 30.6 Å². The summed E-state index contributed by atoms with van der Waals surface area (Å²) in [6.07, 6.45) is 1.43. The van der Waals surface area contributed by atoms with Crippen LogP contribution in [0, 0.1) is 10.1 Å². The number of ketones is 1. The molecule has 0 radical (unpaired) electrons. The number of nitro groups is 1. The summed E-state index contributed by atoms with van der Waals surface area (Å²) in [6.45, 7) is 1.59. The number of carbonyl (C=O) groups is 1. The highest BCUT2D eigenvalue weighted by molar-refractivity contribution is 5.75. The van der Waals surface area contributed by atoms with E-state index in [4.69, 9.17) is 0 Å². The molecule has 2 rings (SSSR count). The number of nitro benzene ring substituents is 1. The monoisotopic (exact) mass is 246 g/mol. The van der Waals surface area contributed by atoms with Crippen LogP contribution in [0.25, 0.3) is 11.4 Å². The summed E-state index contributed by atoms with van der Waals surface area (Å²) in [4.78, 5) is 25.1. The lowest BCUT2D eigenvalue weighted by Gasteiger charge is -1.96. The third-order valence-corrected chi connectivity index (χ3v) is 2.24. The molecule has 0 aliphatic carbocycles. The maximum Gasteiger partial charge on any atom is 0.270 e. The van der Waals surface area contributed by atoms with Crippen LogP contribution in [0.3, 0.4) is 0 Å². The van der Waals surface area contributed by atoms with Gasteiger partial charge in [0.15, 0.2) is 11.6 Å². The Morgan fingerprint density at radius 3 is 2.94 bits per heavy atom. The van der Waals surface area contributed by atoms with Crippen molar-refractivity contribution in [1.82, 2.24) is 14.8 Å². The summed E-state index contributed by atoms with van der Waals surface area (Å²) >= 11 is 0. The molecule has 1 aromatic carbocycles. The lowest BCUT2D eigenvalue weighted by Crippen LogP contribution is -2.06. The number of aromatic nitrogens is 3. The lowest BCUT2D eigenvalue weighted by atomic mass is 10.2. The number of Topliss-reactive ketones (excluding diaryl/α,β-unsaturated/α-hetero) is 1. The molecule has 7 heteroatoms.